The van der Waals surface area contributed by atoms with Gasteiger partial charge < -0.3 is 24.8 Å². The van der Waals surface area contributed by atoms with Gasteiger partial charge in [-0.2, -0.15) is 0 Å². The molecule has 45 heavy (non-hydrogen) atoms. The monoisotopic (exact) mass is 656 g/mol. The van der Waals surface area contributed by atoms with Crippen LogP contribution in [-0.2, 0) is 22.4 Å². The summed E-state index contributed by atoms with van der Waals surface area (Å²) in [6, 6.07) is 14.8. The molecule has 3 fully saturated rings. The molecule has 0 aliphatic carbocycles. The zero-order valence-corrected chi connectivity index (χ0v) is 27.8. The van der Waals surface area contributed by atoms with E-state index in [0.717, 1.165) is 64.2 Å². The number of halogens is 2. The highest BCUT2D eigenvalue weighted by Gasteiger charge is 2.35. The number of piperazine rings is 1. The van der Waals surface area contributed by atoms with Crippen LogP contribution in [0.25, 0.3) is 0 Å². The number of hydrogen-bond acceptors (Lipinski definition) is 7. The Bertz CT molecular complexity index is 1300. The van der Waals surface area contributed by atoms with Gasteiger partial charge in [0.15, 0.2) is 6.10 Å². The highest BCUT2D eigenvalue weighted by molar-refractivity contribution is 6.42. The van der Waals surface area contributed by atoms with Crippen molar-refractivity contribution in [3.8, 4) is 0 Å². The third-order valence-corrected chi connectivity index (χ3v) is 10.9. The van der Waals surface area contributed by atoms with Crippen LogP contribution in [0.5, 0.6) is 0 Å². The number of fused-ring (bicyclic) bond motifs is 1. The van der Waals surface area contributed by atoms with Crippen molar-refractivity contribution in [1.29, 1.82) is 0 Å². The Morgan fingerprint density at radius 2 is 1.51 bits per heavy atom. The predicted molar refractivity (Wildman–Crippen MR) is 179 cm³/mol. The van der Waals surface area contributed by atoms with Gasteiger partial charge in [0.25, 0.3) is 5.91 Å². The summed E-state index contributed by atoms with van der Waals surface area (Å²) in [5.41, 5.74) is 3.37. The van der Waals surface area contributed by atoms with Crippen molar-refractivity contribution >= 4 is 40.9 Å². The first-order valence-corrected chi connectivity index (χ1v) is 17.3. The molecule has 3 saturated heterocycles. The van der Waals surface area contributed by atoms with Crippen LogP contribution in [0.15, 0.2) is 42.5 Å². The largest absolute Gasteiger partial charge is 0.436 e. The van der Waals surface area contributed by atoms with E-state index in [1.54, 1.807) is 17.0 Å². The van der Waals surface area contributed by atoms with E-state index < -0.39 is 12.2 Å². The minimum Gasteiger partial charge on any atom is -0.436 e. The molecule has 9 nitrogen and oxygen atoms in total. The number of nitrogens with one attached hydrogen (secondary N) is 1. The Morgan fingerprint density at radius 1 is 0.822 bits per heavy atom. The fourth-order valence-electron chi connectivity index (χ4n) is 7.29. The van der Waals surface area contributed by atoms with Crippen LogP contribution < -0.4 is 5.32 Å². The smallest absolute Gasteiger partial charge is 0.410 e. The fraction of sp³-hybridized carbons (Fsp3) is 0.588. The maximum absolute atomic E-state index is 13.9. The number of anilines is 1. The molecule has 4 aliphatic heterocycles. The molecule has 0 saturated carbocycles. The zero-order chi connectivity index (χ0) is 31.3. The third-order valence-electron chi connectivity index (χ3n) is 10.2. The highest BCUT2D eigenvalue weighted by atomic mass is 35.5. The Kier molecular flexibility index (Phi) is 10.7. The third kappa shape index (κ3) is 8.06. The summed E-state index contributed by atoms with van der Waals surface area (Å²) in [5, 5.41) is 4.46. The van der Waals surface area contributed by atoms with E-state index in [9.17, 15) is 9.59 Å². The van der Waals surface area contributed by atoms with Gasteiger partial charge in [0.1, 0.15) is 0 Å². The minimum absolute atomic E-state index is 0.137. The SMILES string of the molecule is CN1CCC(N2CCN(C(=O)C(Cc3ccc(Cl)c(Cl)c3)OC(=O)N3CCC(N4CCc5ccccc5NC4)CC3)CC2)CC1. The lowest BCUT2D eigenvalue weighted by atomic mass is 10.0. The molecule has 0 aromatic heterocycles. The van der Waals surface area contributed by atoms with E-state index in [2.05, 4.69) is 51.3 Å². The van der Waals surface area contributed by atoms with E-state index in [1.165, 1.54) is 24.1 Å². The summed E-state index contributed by atoms with van der Waals surface area (Å²) in [4.78, 5) is 38.5. The van der Waals surface area contributed by atoms with Crippen molar-refractivity contribution in [2.24, 2.45) is 0 Å². The van der Waals surface area contributed by atoms with Crippen LogP contribution in [0.2, 0.25) is 10.0 Å². The van der Waals surface area contributed by atoms with Crippen LogP contribution in [0.3, 0.4) is 0 Å². The summed E-state index contributed by atoms with van der Waals surface area (Å²) in [7, 11) is 2.18. The van der Waals surface area contributed by atoms with Crippen molar-refractivity contribution in [2.45, 2.75) is 56.7 Å². The lowest BCUT2D eigenvalue weighted by Gasteiger charge is -2.42. The van der Waals surface area contributed by atoms with Crippen molar-refractivity contribution in [2.75, 3.05) is 77.9 Å². The minimum atomic E-state index is -0.921. The molecule has 1 N–H and O–H groups in total. The molecule has 0 spiro atoms. The van der Waals surface area contributed by atoms with Crippen LogP contribution >= 0.6 is 23.2 Å². The topological polar surface area (TPSA) is 71.6 Å². The molecule has 2 amide bonds. The number of carbonyl (C=O) groups is 2. The highest BCUT2D eigenvalue weighted by Crippen LogP contribution is 2.26. The molecule has 244 valence electrons. The number of piperidine rings is 2. The molecule has 2 aromatic rings. The van der Waals surface area contributed by atoms with Gasteiger partial charge in [-0.25, -0.2) is 4.79 Å². The molecule has 4 aliphatic rings. The number of ether oxygens (including phenoxy) is 1. The summed E-state index contributed by atoms with van der Waals surface area (Å²) in [5.74, 6) is -0.137. The van der Waals surface area contributed by atoms with Gasteiger partial charge >= 0.3 is 6.09 Å². The van der Waals surface area contributed by atoms with Crippen LogP contribution in [0.1, 0.15) is 36.8 Å². The Balaban J connectivity index is 1.05. The average molecular weight is 658 g/mol. The first-order chi connectivity index (χ1) is 21.8. The predicted octanol–water partition coefficient (Wildman–Crippen LogP) is 4.67. The number of hydrogen-bond donors (Lipinski definition) is 1. The van der Waals surface area contributed by atoms with Crippen molar-refractivity contribution in [3.63, 3.8) is 0 Å². The number of benzene rings is 2. The van der Waals surface area contributed by atoms with Crippen molar-refractivity contribution < 1.29 is 14.3 Å². The summed E-state index contributed by atoms with van der Waals surface area (Å²) >= 11 is 12.5. The van der Waals surface area contributed by atoms with Gasteiger partial charge in [-0.15, -0.1) is 0 Å². The van der Waals surface area contributed by atoms with Crippen LogP contribution in [-0.4, -0.2) is 127 Å². The van der Waals surface area contributed by atoms with Gasteiger partial charge in [0.2, 0.25) is 0 Å². The summed E-state index contributed by atoms with van der Waals surface area (Å²) in [6.45, 7) is 8.21. The maximum Gasteiger partial charge on any atom is 0.410 e. The second-order valence-electron chi connectivity index (χ2n) is 13.0. The molecule has 6 rings (SSSR count). The lowest BCUT2D eigenvalue weighted by Crippen LogP contribution is -2.56. The second kappa shape index (κ2) is 14.9. The second-order valence-corrected chi connectivity index (χ2v) is 13.8. The van der Waals surface area contributed by atoms with E-state index in [-0.39, 0.29) is 12.3 Å². The number of carbonyl (C=O) groups excluding carboxylic acids is 2. The Labute approximate surface area is 277 Å². The van der Waals surface area contributed by atoms with Crippen molar-refractivity contribution in [3.05, 3.63) is 63.6 Å². The molecule has 1 atom stereocenters. The molecular formula is C34H46Cl2N6O3. The maximum atomic E-state index is 13.9. The van der Waals surface area contributed by atoms with E-state index >= 15 is 0 Å². The number of rotatable bonds is 6. The zero-order valence-electron chi connectivity index (χ0n) is 26.3. The van der Waals surface area contributed by atoms with E-state index in [1.807, 2.05) is 11.0 Å². The lowest BCUT2D eigenvalue weighted by molar-refractivity contribution is -0.143. The van der Waals surface area contributed by atoms with Crippen molar-refractivity contribution in [1.82, 2.24) is 24.5 Å². The number of para-hydroxylation sites is 1. The van der Waals surface area contributed by atoms with E-state index in [4.69, 9.17) is 27.9 Å². The molecule has 1 unspecified atom stereocenters. The first kappa shape index (κ1) is 32.4. The Hall–Kier alpha value is -2.56. The standard InChI is InChI=1S/C34H46Cl2N6O3/c1-38-13-9-27(10-14-38)39-18-20-40(21-19-39)33(43)32(23-25-6-7-29(35)30(36)22-25)45-34(44)41-16-11-28(12-17-41)42-15-8-26-4-2-3-5-31(26)37-24-42/h2-7,22,27-28,32,37H,8-21,23-24H2,1H3. The van der Waals surface area contributed by atoms with Gasteiger partial charge in [-0.3, -0.25) is 14.6 Å². The first-order valence-electron chi connectivity index (χ1n) is 16.5. The molecule has 11 heteroatoms. The Morgan fingerprint density at radius 3 is 2.24 bits per heavy atom. The molecular weight excluding hydrogens is 611 g/mol. The fourth-order valence-corrected chi connectivity index (χ4v) is 7.61. The molecule has 0 radical (unpaired) electrons. The van der Waals surface area contributed by atoms with Gasteiger partial charge in [0.05, 0.1) is 16.7 Å². The number of likely N-dealkylation sites (tertiary alicyclic amines) is 2. The molecule has 4 heterocycles. The average Bonchev–Trinajstić information content (AvgIpc) is 3.29. The quantitative estimate of drug-likeness (QED) is 0.485. The van der Waals surface area contributed by atoms with Crippen LogP contribution in [0.4, 0.5) is 10.5 Å². The van der Waals surface area contributed by atoms with Gasteiger partial charge in [0, 0.05) is 70.0 Å². The molecule has 2 aromatic carbocycles. The van der Waals surface area contributed by atoms with Gasteiger partial charge in [-0.1, -0.05) is 47.5 Å². The van der Waals surface area contributed by atoms with E-state index in [0.29, 0.717) is 48.3 Å². The number of amides is 2. The summed E-state index contributed by atoms with van der Waals surface area (Å²) in [6.07, 6.45) is 4.01. The summed E-state index contributed by atoms with van der Waals surface area (Å²) < 4.78 is 6.05. The van der Waals surface area contributed by atoms with Crippen LogP contribution in [0, 0.1) is 0 Å². The normalized spacial score (nSPS) is 21.9. The van der Waals surface area contributed by atoms with Gasteiger partial charge in [-0.05, 0) is 81.6 Å². The number of nitrogens with zero attached hydrogens (tertiary/aromatic N) is 5. The molecule has 0 bridgehead atoms.